The van der Waals surface area contributed by atoms with Gasteiger partial charge in [-0.15, -0.1) is 0 Å². The van der Waals surface area contributed by atoms with Gasteiger partial charge in [0.05, 0.1) is 16.6 Å². The molecular weight excluding hydrogens is 374 g/mol. The molecule has 0 N–H and O–H groups in total. The first-order chi connectivity index (χ1) is 14.5. The zero-order valence-electron chi connectivity index (χ0n) is 18.9. The Morgan fingerprint density at radius 1 is 1.20 bits per heavy atom. The van der Waals surface area contributed by atoms with Crippen molar-refractivity contribution in [3.63, 3.8) is 0 Å². The van der Waals surface area contributed by atoms with Gasteiger partial charge in [0.15, 0.2) is 5.65 Å². The zero-order valence-corrected chi connectivity index (χ0v) is 18.9. The Labute approximate surface area is 179 Å². The van der Waals surface area contributed by atoms with Crippen molar-refractivity contribution in [1.29, 1.82) is 0 Å². The molecule has 5 rings (SSSR count). The van der Waals surface area contributed by atoms with Crippen molar-refractivity contribution < 1.29 is 4.79 Å². The minimum absolute atomic E-state index is 0.177. The number of rotatable bonds is 3. The molecule has 162 valence electrons. The van der Waals surface area contributed by atoms with Crippen LogP contribution in [0, 0.1) is 25.7 Å². The van der Waals surface area contributed by atoms with Gasteiger partial charge in [0, 0.05) is 37.9 Å². The number of aryl methyl sites for hydroxylation is 3. The average Bonchev–Trinajstić information content (AvgIpc) is 3.03. The van der Waals surface area contributed by atoms with Crippen molar-refractivity contribution in [2.45, 2.75) is 71.4 Å². The summed E-state index contributed by atoms with van der Waals surface area (Å²) >= 11 is 0. The topological polar surface area (TPSA) is 54.3 Å². The summed E-state index contributed by atoms with van der Waals surface area (Å²) in [6.07, 6.45) is 7.77. The van der Waals surface area contributed by atoms with Crippen LogP contribution in [0.5, 0.6) is 0 Å². The molecular formula is C24H35N5O. The first-order valence-electron chi connectivity index (χ1n) is 11.8. The highest BCUT2D eigenvalue weighted by molar-refractivity contribution is 6.06. The molecule has 3 aliphatic heterocycles. The molecule has 1 amide bonds. The number of piperidine rings is 3. The van der Waals surface area contributed by atoms with Gasteiger partial charge >= 0.3 is 0 Å². The van der Waals surface area contributed by atoms with Gasteiger partial charge in [0.25, 0.3) is 5.91 Å². The third-order valence-corrected chi connectivity index (χ3v) is 7.82. The predicted molar refractivity (Wildman–Crippen MR) is 119 cm³/mol. The number of likely N-dealkylation sites (tertiary alicyclic amines) is 1. The molecule has 0 spiro atoms. The van der Waals surface area contributed by atoms with Crippen molar-refractivity contribution in [1.82, 2.24) is 24.6 Å². The van der Waals surface area contributed by atoms with Crippen LogP contribution in [0.1, 0.15) is 67.2 Å². The number of hydrogen-bond acceptors (Lipinski definition) is 4. The lowest BCUT2D eigenvalue weighted by Crippen LogP contribution is -2.64. The van der Waals surface area contributed by atoms with Gasteiger partial charge in [-0.25, -0.2) is 4.98 Å². The summed E-state index contributed by atoms with van der Waals surface area (Å²) < 4.78 is 1.80. The van der Waals surface area contributed by atoms with Crippen LogP contribution in [-0.4, -0.2) is 62.2 Å². The van der Waals surface area contributed by atoms with E-state index in [1.54, 1.807) is 4.68 Å². The van der Waals surface area contributed by atoms with Crippen LogP contribution in [-0.2, 0) is 7.05 Å². The van der Waals surface area contributed by atoms with E-state index < -0.39 is 0 Å². The van der Waals surface area contributed by atoms with Gasteiger partial charge in [0.1, 0.15) is 0 Å². The van der Waals surface area contributed by atoms with E-state index in [-0.39, 0.29) is 5.91 Å². The van der Waals surface area contributed by atoms with Crippen molar-refractivity contribution in [3.8, 4) is 0 Å². The van der Waals surface area contributed by atoms with E-state index in [0.717, 1.165) is 41.1 Å². The summed E-state index contributed by atoms with van der Waals surface area (Å²) in [5.74, 6) is 1.40. The Hall–Kier alpha value is -1.95. The van der Waals surface area contributed by atoms with E-state index in [0.29, 0.717) is 23.9 Å². The summed E-state index contributed by atoms with van der Waals surface area (Å²) in [4.78, 5) is 23.5. The number of pyridine rings is 1. The van der Waals surface area contributed by atoms with Gasteiger partial charge in [-0.05, 0) is 64.0 Å². The number of aromatic nitrogens is 3. The van der Waals surface area contributed by atoms with E-state index >= 15 is 0 Å². The van der Waals surface area contributed by atoms with Crippen LogP contribution in [0.15, 0.2) is 6.07 Å². The van der Waals surface area contributed by atoms with E-state index in [4.69, 9.17) is 0 Å². The summed E-state index contributed by atoms with van der Waals surface area (Å²) in [6, 6.07) is 3.29. The second-order valence-electron chi connectivity index (χ2n) is 9.84. The number of hydrogen-bond donors (Lipinski definition) is 0. The van der Waals surface area contributed by atoms with Gasteiger partial charge < -0.3 is 4.90 Å². The molecule has 0 aliphatic carbocycles. The number of fused-ring (bicyclic) bond motifs is 5. The van der Waals surface area contributed by atoms with E-state index in [9.17, 15) is 4.79 Å². The number of nitrogens with zero attached hydrogens (tertiary/aromatic N) is 5. The molecule has 0 saturated carbocycles. The first-order valence-corrected chi connectivity index (χ1v) is 11.8. The Balaban J connectivity index is 1.49. The summed E-state index contributed by atoms with van der Waals surface area (Å²) in [5.41, 5.74) is 3.38. The fourth-order valence-electron chi connectivity index (χ4n) is 6.68. The molecule has 0 unspecified atom stereocenters. The molecule has 6 nitrogen and oxygen atoms in total. The maximum Gasteiger partial charge on any atom is 0.254 e. The smallest absolute Gasteiger partial charge is 0.254 e. The molecule has 0 radical (unpaired) electrons. The van der Waals surface area contributed by atoms with E-state index in [1.165, 1.54) is 45.1 Å². The fraction of sp³-hybridized carbons (Fsp3) is 0.708. The monoisotopic (exact) mass is 409 g/mol. The summed E-state index contributed by atoms with van der Waals surface area (Å²) in [6.45, 7) is 9.32. The number of carbonyl (C=O) groups excluding carboxylic acids is 1. The van der Waals surface area contributed by atoms with Crippen LogP contribution in [0.3, 0.4) is 0 Å². The molecule has 2 aromatic rings. The maximum atomic E-state index is 13.8. The van der Waals surface area contributed by atoms with Crippen LogP contribution < -0.4 is 0 Å². The third-order valence-electron chi connectivity index (χ3n) is 7.82. The number of amides is 1. The van der Waals surface area contributed by atoms with Crippen LogP contribution >= 0.6 is 0 Å². The number of carbonyl (C=O) groups is 1. The van der Waals surface area contributed by atoms with E-state index in [1.807, 2.05) is 27.0 Å². The van der Waals surface area contributed by atoms with Crippen molar-refractivity contribution in [3.05, 3.63) is 23.0 Å². The molecule has 6 heteroatoms. The average molecular weight is 410 g/mol. The predicted octanol–water partition coefficient (Wildman–Crippen LogP) is 3.70. The highest BCUT2D eigenvalue weighted by Crippen LogP contribution is 2.43. The maximum absolute atomic E-state index is 13.8. The van der Waals surface area contributed by atoms with Gasteiger partial charge in [-0.1, -0.05) is 19.8 Å². The van der Waals surface area contributed by atoms with Gasteiger partial charge in [-0.2, -0.15) is 5.10 Å². The molecule has 30 heavy (non-hydrogen) atoms. The lowest BCUT2D eigenvalue weighted by Gasteiger charge is -2.57. The molecule has 2 aromatic heterocycles. The molecule has 5 heterocycles. The van der Waals surface area contributed by atoms with Gasteiger partial charge in [-0.3, -0.25) is 14.4 Å². The molecule has 2 bridgehead atoms. The van der Waals surface area contributed by atoms with Crippen LogP contribution in [0.2, 0.25) is 0 Å². The largest absolute Gasteiger partial charge is 0.338 e. The normalized spacial score (nSPS) is 29.3. The Kier molecular flexibility index (Phi) is 5.08. The van der Waals surface area contributed by atoms with Crippen molar-refractivity contribution in [2.24, 2.45) is 18.9 Å². The fourth-order valence-corrected chi connectivity index (χ4v) is 6.68. The standard InChI is InChI=1S/C24H35N5O/c1-5-8-20-17-12-18(21-9-6-7-10-29(20)21)14-28(13-17)24(30)19-11-15(2)25-23-22(19)16(3)26-27(23)4/h11,17-18,20-21H,5-10,12-14H2,1-4H3/t17-,18+,20-,21-/m0/s1. The molecule has 3 fully saturated rings. The summed E-state index contributed by atoms with van der Waals surface area (Å²) in [5, 5.41) is 5.47. The second kappa shape index (κ2) is 7.63. The third kappa shape index (κ3) is 3.15. The minimum atomic E-state index is 0.177. The van der Waals surface area contributed by atoms with Crippen LogP contribution in [0.4, 0.5) is 0 Å². The molecule has 3 saturated heterocycles. The minimum Gasteiger partial charge on any atom is -0.338 e. The zero-order chi connectivity index (χ0) is 21.0. The molecule has 4 atom stereocenters. The molecule has 0 aromatic carbocycles. The Morgan fingerprint density at radius 3 is 2.80 bits per heavy atom. The van der Waals surface area contributed by atoms with Crippen molar-refractivity contribution in [2.75, 3.05) is 19.6 Å². The second-order valence-corrected chi connectivity index (χ2v) is 9.84. The van der Waals surface area contributed by atoms with E-state index in [2.05, 4.69) is 26.8 Å². The lowest BCUT2D eigenvalue weighted by atomic mass is 9.71. The van der Waals surface area contributed by atoms with Crippen LogP contribution in [0.25, 0.3) is 11.0 Å². The van der Waals surface area contributed by atoms with Gasteiger partial charge in [0.2, 0.25) is 0 Å². The summed E-state index contributed by atoms with van der Waals surface area (Å²) in [7, 11) is 1.91. The Morgan fingerprint density at radius 2 is 2.00 bits per heavy atom. The quantitative estimate of drug-likeness (QED) is 0.776. The van der Waals surface area contributed by atoms with Crippen molar-refractivity contribution >= 4 is 16.9 Å². The Bertz CT molecular complexity index is 966. The highest BCUT2D eigenvalue weighted by Gasteiger charge is 2.47. The first kappa shape index (κ1) is 20.0. The highest BCUT2D eigenvalue weighted by atomic mass is 16.2. The SMILES string of the molecule is CCC[C@H]1[C@H]2C[C@H](CN(C(=O)c3cc(C)nc4c3c(C)nn4C)C2)[C@@H]2CCCCN21. The lowest BCUT2D eigenvalue weighted by molar-refractivity contribution is -0.0670. The molecule has 3 aliphatic rings.